The van der Waals surface area contributed by atoms with E-state index in [0.717, 1.165) is 42.7 Å². The molecule has 4 rings (SSSR count). The van der Waals surface area contributed by atoms with Gasteiger partial charge in [-0.2, -0.15) is 0 Å². The summed E-state index contributed by atoms with van der Waals surface area (Å²) in [6.45, 7) is 7.17. The van der Waals surface area contributed by atoms with E-state index < -0.39 is 0 Å². The summed E-state index contributed by atoms with van der Waals surface area (Å²) in [6.07, 6.45) is 3.79. The number of anilines is 2. The van der Waals surface area contributed by atoms with Crippen molar-refractivity contribution in [3.8, 4) is 0 Å². The molecule has 1 amide bonds. The molecule has 0 saturated carbocycles. The lowest BCUT2D eigenvalue weighted by Crippen LogP contribution is -2.39. The van der Waals surface area contributed by atoms with Gasteiger partial charge in [-0.05, 0) is 69.0 Å². The smallest absolute Gasteiger partial charge is 0.257 e. The number of amides is 1. The highest BCUT2D eigenvalue weighted by molar-refractivity contribution is 6.07. The summed E-state index contributed by atoms with van der Waals surface area (Å²) >= 11 is 0. The van der Waals surface area contributed by atoms with Crippen LogP contribution in [0.2, 0.25) is 0 Å². The lowest BCUT2D eigenvalue weighted by molar-refractivity contribution is 0.0683. The van der Waals surface area contributed by atoms with Crippen molar-refractivity contribution < 1.29 is 9.59 Å². The number of halogens is 1. The fraction of sp³-hybridized carbons (Fsp3) is 0.333. The quantitative estimate of drug-likeness (QED) is 0.568. The molecular weight excluding hydrogens is 412 g/mol. The van der Waals surface area contributed by atoms with E-state index in [4.69, 9.17) is 0 Å². The molecule has 31 heavy (non-hydrogen) atoms. The molecule has 0 bridgehead atoms. The average Bonchev–Trinajstić information content (AvgIpc) is 2.73. The lowest BCUT2D eigenvalue weighted by Gasteiger charge is -2.31. The number of hydrogen-bond donors (Lipinski definition) is 1. The molecule has 1 aliphatic heterocycles. The largest absolute Gasteiger partial charge is 0.354 e. The Balaban J connectivity index is 0.00000272. The fourth-order valence-electron chi connectivity index (χ4n) is 3.95. The van der Waals surface area contributed by atoms with Crippen LogP contribution >= 0.6 is 12.4 Å². The van der Waals surface area contributed by atoms with Crippen molar-refractivity contribution in [3.63, 3.8) is 0 Å². The predicted octanol–water partition coefficient (Wildman–Crippen LogP) is 5.18. The molecule has 162 valence electrons. The van der Waals surface area contributed by atoms with E-state index in [-0.39, 0.29) is 24.1 Å². The van der Waals surface area contributed by atoms with Crippen molar-refractivity contribution in [1.29, 1.82) is 0 Å². The summed E-state index contributed by atoms with van der Waals surface area (Å²) in [5.74, 6) is 0.501. The van der Waals surface area contributed by atoms with Crippen LogP contribution in [0.15, 0.2) is 42.6 Å². The summed E-state index contributed by atoms with van der Waals surface area (Å²) in [4.78, 5) is 35.9. The van der Waals surface area contributed by atoms with E-state index in [1.54, 1.807) is 25.3 Å². The van der Waals surface area contributed by atoms with Gasteiger partial charge in [0.25, 0.3) is 5.91 Å². The van der Waals surface area contributed by atoms with Crippen LogP contribution in [0.3, 0.4) is 0 Å². The van der Waals surface area contributed by atoms with Crippen molar-refractivity contribution in [2.75, 3.05) is 18.4 Å². The number of likely N-dealkylation sites (tertiary alicyclic amines) is 1. The number of piperidine rings is 1. The van der Waals surface area contributed by atoms with Gasteiger partial charge in [-0.3, -0.25) is 9.59 Å². The number of aryl methyl sites for hydroxylation is 1. The first-order valence-electron chi connectivity index (χ1n) is 10.4. The van der Waals surface area contributed by atoms with Crippen LogP contribution in [0.4, 0.5) is 11.4 Å². The van der Waals surface area contributed by atoms with Crippen LogP contribution in [-0.2, 0) is 0 Å². The molecule has 1 aliphatic rings. The van der Waals surface area contributed by atoms with Gasteiger partial charge in [0, 0.05) is 41.6 Å². The van der Waals surface area contributed by atoms with Gasteiger partial charge in [-0.25, -0.2) is 9.97 Å². The third kappa shape index (κ3) is 4.85. The number of nitrogens with zero attached hydrogens (tertiary/aromatic N) is 3. The molecule has 0 aliphatic carbocycles. The second kappa shape index (κ2) is 9.43. The molecule has 1 N–H and O–H groups in total. The van der Waals surface area contributed by atoms with Gasteiger partial charge in [0.05, 0.1) is 11.3 Å². The van der Waals surface area contributed by atoms with Crippen molar-refractivity contribution in [2.24, 2.45) is 5.92 Å². The number of aromatic nitrogens is 2. The molecule has 1 unspecified atom stereocenters. The van der Waals surface area contributed by atoms with E-state index in [9.17, 15) is 9.59 Å². The van der Waals surface area contributed by atoms with Gasteiger partial charge >= 0.3 is 0 Å². The van der Waals surface area contributed by atoms with Crippen LogP contribution in [0.5, 0.6) is 0 Å². The van der Waals surface area contributed by atoms with Crippen molar-refractivity contribution in [3.05, 3.63) is 59.4 Å². The number of carbonyl (C=O) groups excluding carboxylic acids is 2. The van der Waals surface area contributed by atoms with Crippen LogP contribution in [0.25, 0.3) is 11.0 Å². The number of hydrogen-bond acceptors (Lipinski definition) is 5. The van der Waals surface area contributed by atoms with Crippen LogP contribution in [-0.4, -0.2) is 39.6 Å². The van der Waals surface area contributed by atoms with Crippen LogP contribution in [0.1, 0.15) is 53.1 Å². The monoisotopic (exact) mass is 438 g/mol. The van der Waals surface area contributed by atoms with Gasteiger partial charge < -0.3 is 10.2 Å². The van der Waals surface area contributed by atoms with Crippen molar-refractivity contribution in [2.45, 2.75) is 33.6 Å². The summed E-state index contributed by atoms with van der Waals surface area (Å²) in [7, 11) is 0. The maximum absolute atomic E-state index is 13.4. The molecular formula is C24H27ClN4O2. The Hall–Kier alpha value is -2.99. The maximum atomic E-state index is 13.4. The minimum atomic E-state index is -0.0145. The normalized spacial score (nSPS) is 16.0. The third-order valence-electron chi connectivity index (χ3n) is 5.60. The molecule has 1 atom stereocenters. The van der Waals surface area contributed by atoms with Crippen molar-refractivity contribution >= 4 is 46.5 Å². The summed E-state index contributed by atoms with van der Waals surface area (Å²) < 4.78 is 0. The number of rotatable bonds is 4. The first kappa shape index (κ1) is 22.7. The molecule has 7 heteroatoms. The number of fused-ring (bicyclic) bond motifs is 1. The van der Waals surface area contributed by atoms with Gasteiger partial charge in [0.1, 0.15) is 0 Å². The Morgan fingerprint density at radius 2 is 1.87 bits per heavy atom. The minimum Gasteiger partial charge on any atom is -0.354 e. The first-order chi connectivity index (χ1) is 14.4. The molecule has 2 aromatic heterocycles. The molecule has 1 aromatic carbocycles. The summed E-state index contributed by atoms with van der Waals surface area (Å²) in [5, 5.41) is 4.19. The molecule has 0 spiro atoms. The number of Topliss-reactive ketones (excluding diaryl/α,β-unsaturated/α-hetero) is 1. The Labute approximate surface area is 188 Å². The summed E-state index contributed by atoms with van der Waals surface area (Å²) in [5.41, 5.74) is 4.16. The molecule has 6 nitrogen and oxygen atoms in total. The molecule has 3 aromatic rings. The van der Waals surface area contributed by atoms with Gasteiger partial charge in [-0.15, -0.1) is 12.4 Å². The topological polar surface area (TPSA) is 75.2 Å². The zero-order valence-corrected chi connectivity index (χ0v) is 18.8. The highest BCUT2D eigenvalue weighted by Crippen LogP contribution is 2.30. The second-order valence-electron chi connectivity index (χ2n) is 8.13. The third-order valence-corrected chi connectivity index (χ3v) is 5.60. The van der Waals surface area contributed by atoms with Crippen LogP contribution < -0.4 is 5.32 Å². The standard InChI is InChI=1S/C24H26N4O2.ClH/c1-15-5-4-12-28(14-15)24(30)21-13-25-23-20(11-6-16(2)26-23)22(21)27-19-9-7-18(8-10-19)17(3)29;/h6-11,13,15H,4-5,12,14H2,1-3H3,(H,25,26,27);1H. The van der Waals surface area contributed by atoms with E-state index in [0.29, 0.717) is 28.4 Å². The Morgan fingerprint density at radius 3 is 2.55 bits per heavy atom. The lowest BCUT2D eigenvalue weighted by atomic mass is 9.99. The molecule has 1 fully saturated rings. The Morgan fingerprint density at radius 1 is 1.13 bits per heavy atom. The van der Waals surface area contributed by atoms with Crippen molar-refractivity contribution in [1.82, 2.24) is 14.9 Å². The van der Waals surface area contributed by atoms with Gasteiger partial charge in [-0.1, -0.05) is 6.92 Å². The molecule has 3 heterocycles. The summed E-state index contributed by atoms with van der Waals surface area (Å²) in [6, 6.07) is 11.1. The highest BCUT2D eigenvalue weighted by atomic mass is 35.5. The van der Waals surface area contributed by atoms with E-state index >= 15 is 0 Å². The van der Waals surface area contributed by atoms with Crippen LogP contribution in [0, 0.1) is 12.8 Å². The SMILES string of the molecule is CC(=O)c1ccc(Nc2c(C(=O)N3CCCC(C)C3)cnc3nc(C)ccc23)cc1.Cl. The number of benzene rings is 1. The van der Waals surface area contributed by atoms with E-state index in [1.807, 2.05) is 36.1 Å². The minimum absolute atomic E-state index is 0. The first-order valence-corrected chi connectivity index (χ1v) is 10.4. The zero-order valence-electron chi connectivity index (χ0n) is 18.0. The second-order valence-corrected chi connectivity index (χ2v) is 8.13. The molecule has 0 radical (unpaired) electrons. The predicted molar refractivity (Wildman–Crippen MR) is 126 cm³/mol. The van der Waals surface area contributed by atoms with Gasteiger partial charge in [0.15, 0.2) is 11.4 Å². The Kier molecular flexibility index (Phi) is 6.91. The highest BCUT2D eigenvalue weighted by Gasteiger charge is 2.25. The van der Waals surface area contributed by atoms with E-state index in [2.05, 4.69) is 22.2 Å². The van der Waals surface area contributed by atoms with Gasteiger partial charge in [0.2, 0.25) is 0 Å². The maximum Gasteiger partial charge on any atom is 0.257 e. The average molecular weight is 439 g/mol. The number of ketones is 1. The fourth-order valence-corrected chi connectivity index (χ4v) is 3.95. The Bertz CT molecular complexity index is 1110. The number of carbonyl (C=O) groups is 2. The number of pyridine rings is 2. The number of nitrogens with one attached hydrogen (secondary N) is 1. The zero-order chi connectivity index (χ0) is 21.3. The van der Waals surface area contributed by atoms with E-state index in [1.165, 1.54) is 0 Å². The molecule has 1 saturated heterocycles.